The normalized spacial score (nSPS) is 12.6. The summed E-state index contributed by atoms with van der Waals surface area (Å²) in [6.07, 6.45) is 0. The van der Waals surface area contributed by atoms with Gasteiger partial charge >= 0.3 is 0 Å². The van der Waals surface area contributed by atoms with E-state index in [0.717, 1.165) is 20.4 Å². The summed E-state index contributed by atoms with van der Waals surface area (Å²) in [7, 11) is 0. The zero-order chi connectivity index (χ0) is 15.0. The maximum absolute atomic E-state index is 14.0. The summed E-state index contributed by atoms with van der Waals surface area (Å²) in [4.78, 5) is 4.33. The first kappa shape index (κ1) is 14.8. The van der Waals surface area contributed by atoms with Gasteiger partial charge in [-0.25, -0.2) is 9.37 Å². The van der Waals surface area contributed by atoms with E-state index < -0.39 is 0 Å². The Kier molecular flexibility index (Phi) is 4.15. The van der Waals surface area contributed by atoms with Crippen molar-refractivity contribution in [3.63, 3.8) is 0 Å². The Morgan fingerprint density at radius 3 is 2.95 bits per heavy atom. The Bertz CT molecular complexity index is 805. The van der Waals surface area contributed by atoms with Gasteiger partial charge in [0.15, 0.2) is 0 Å². The van der Waals surface area contributed by atoms with Crippen molar-refractivity contribution in [1.29, 1.82) is 0 Å². The number of benzene rings is 2. The highest BCUT2D eigenvalue weighted by Gasteiger charge is 2.15. The molecule has 1 heterocycles. The molecular weight excluding hydrogens is 375 g/mol. The summed E-state index contributed by atoms with van der Waals surface area (Å²) < 4.78 is 15.9. The maximum Gasteiger partial charge on any atom is 0.128 e. The molecule has 1 unspecified atom stereocenters. The standard InChI is InChI=1S/C15H11BrClFN2S/c1-8(10-6-9(16)2-4-12(10)18)20-14-11(17)3-5-13-15(14)19-7-21-13/h2-8,20H,1H3. The molecule has 0 aliphatic carbocycles. The van der Waals surface area contributed by atoms with Crippen LogP contribution in [-0.4, -0.2) is 4.98 Å². The molecule has 6 heteroatoms. The average molecular weight is 386 g/mol. The summed E-state index contributed by atoms with van der Waals surface area (Å²) in [5.41, 5.74) is 3.90. The van der Waals surface area contributed by atoms with Crippen molar-refractivity contribution in [1.82, 2.24) is 4.98 Å². The van der Waals surface area contributed by atoms with Crippen molar-refractivity contribution in [2.75, 3.05) is 5.32 Å². The quantitative estimate of drug-likeness (QED) is 0.596. The van der Waals surface area contributed by atoms with Crippen LogP contribution in [0.4, 0.5) is 10.1 Å². The van der Waals surface area contributed by atoms with E-state index in [1.807, 2.05) is 19.1 Å². The van der Waals surface area contributed by atoms with Gasteiger partial charge in [-0.3, -0.25) is 0 Å². The van der Waals surface area contributed by atoms with E-state index in [1.54, 1.807) is 29.0 Å². The molecule has 2 nitrogen and oxygen atoms in total. The van der Waals surface area contributed by atoms with Crippen LogP contribution in [0, 0.1) is 5.82 Å². The smallest absolute Gasteiger partial charge is 0.128 e. The fraction of sp³-hybridized carbons (Fsp3) is 0.133. The summed E-state index contributed by atoms with van der Waals surface area (Å²) in [5.74, 6) is -0.250. The lowest BCUT2D eigenvalue weighted by atomic mass is 10.1. The first-order valence-electron chi connectivity index (χ1n) is 6.29. The Morgan fingerprint density at radius 2 is 2.14 bits per heavy atom. The fourth-order valence-electron chi connectivity index (χ4n) is 2.18. The van der Waals surface area contributed by atoms with Crippen LogP contribution < -0.4 is 5.32 Å². The molecule has 2 aromatic carbocycles. The molecule has 1 aromatic heterocycles. The SMILES string of the molecule is CC(Nc1c(Cl)ccc2scnc12)c1cc(Br)ccc1F. The molecule has 0 aliphatic heterocycles. The van der Waals surface area contributed by atoms with Gasteiger partial charge in [0.2, 0.25) is 0 Å². The van der Waals surface area contributed by atoms with Gasteiger partial charge in [-0.15, -0.1) is 11.3 Å². The molecule has 0 spiro atoms. The molecule has 0 aliphatic rings. The average Bonchev–Trinajstić information content (AvgIpc) is 2.93. The van der Waals surface area contributed by atoms with E-state index in [1.165, 1.54) is 6.07 Å². The van der Waals surface area contributed by atoms with Gasteiger partial charge in [0.1, 0.15) is 11.3 Å². The molecule has 1 atom stereocenters. The zero-order valence-corrected chi connectivity index (χ0v) is 14.2. The van der Waals surface area contributed by atoms with Crippen LogP contribution in [0.3, 0.4) is 0 Å². The van der Waals surface area contributed by atoms with Crippen molar-refractivity contribution < 1.29 is 4.39 Å². The number of fused-ring (bicyclic) bond motifs is 1. The molecule has 0 bridgehead atoms. The molecule has 3 rings (SSSR count). The van der Waals surface area contributed by atoms with Gasteiger partial charge in [0, 0.05) is 10.0 Å². The van der Waals surface area contributed by atoms with Crippen LogP contribution in [0.5, 0.6) is 0 Å². The van der Waals surface area contributed by atoms with Gasteiger partial charge < -0.3 is 5.32 Å². The lowest BCUT2D eigenvalue weighted by Crippen LogP contribution is -2.09. The van der Waals surface area contributed by atoms with Gasteiger partial charge in [-0.1, -0.05) is 27.5 Å². The van der Waals surface area contributed by atoms with Crippen LogP contribution in [0.15, 0.2) is 40.3 Å². The molecule has 0 fully saturated rings. The van der Waals surface area contributed by atoms with Crippen molar-refractivity contribution in [2.24, 2.45) is 0 Å². The minimum absolute atomic E-state index is 0.229. The third-order valence-corrected chi connectivity index (χ3v) is 4.84. The number of halogens is 3. The van der Waals surface area contributed by atoms with Gasteiger partial charge in [0.05, 0.1) is 27.0 Å². The molecule has 108 valence electrons. The molecular formula is C15H11BrClFN2S. The van der Waals surface area contributed by atoms with Crippen LogP contribution >= 0.6 is 38.9 Å². The molecule has 0 radical (unpaired) electrons. The highest BCUT2D eigenvalue weighted by molar-refractivity contribution is 9.10. The Hall–Kier alpha value is -1.17. The number of hydrogen-bond donors (Lipinski definition) is 1. The summed E-state index contributed by atoms with van der Waals surface area (Å²) >= 11 is 11.2. The lowest BCUT2D eigenvalue weighted by molar-refractivity contribution is 0.600. The Morgan fingerprint density at radius 1 is 1.33 bits per heavy atom. The van der Waals surface area contributed by atoms with E-state index in [4.69, 9.17) is 11.6 Å². The van der Waals surface area contributed by atoms with E-state index in [9.17, 15) is 4.39 Å². The van der Waals surface area contributed by atoms with E-state index >= 15 is 0 Å². The fourth-order valence-corrected chi connectivity index (χ4v) is 3.46. The number of hydrogen-bond acceptors (Lipinski definition) is 3. The second-order valence-electron chi connectivity index (χ2n) is 4.65. The van der Waals surface area contributed by atoms with Crippen molar-refractivity contribution in [2.45, 2.75) is 13.0 Å². The number of nitrogens with zero attached hydrogens (tertiary/aromatic N) is 1. The third kappa shape index (κ3) is 2.91. The minimum Gasteiger partial charge on any atom is -0.375 e. The number of thiazole rings is 1. The van der Waals surface area contributed by atoms with Crippen molar-refractivity contribution in [3.8, 4) is 0 Å². The molecule has 0 amide bonds. The summed E-state index contributed by atoms with van der Waals surface area (Å²) in [5, 5.41) is 3.85. The molecule has 21 heavy (non-hydrogen) atoms. The number of rotatable bonds is 3. The second kappa shape index (κ2) is 5.91. The minimum atomic E-state index is -0.250. The van der Waals surface area contributed by atoms with Crippen LogP contribution in [0.25, 0.3) is 10.2 Å². The monoisotopic (exact) mass is 384 g/mol. The van der Waals surface area contributed by atoms with E-state index in [-0.39, 0.29) is 11.9 Å². The van der Waals surface area contributed by atoms with Crippen molar-refractivity contribution >= 4 is 54.8 Å². The predicted octanol–water partition coefficient (Wildman–Crippen LogP) is 6.02. The number of aromatic nitrogens is 1. The third-order valence-electron chi connectivity index (χ3n) is 3.24. The van der Waals surface area contributed by atoms with E-state index in [0.29, 0.717) is 10.6 Å². The summed E-state index contributed by atoms with van der Waals surface area (Å²) in [6.45, 7) is 1.90. The van der Waals surface area contributed by atoms with Crippen LogP contribution in [0.2, 0.25) is 5.02 Å². The van der Waals surface area contributed by atoms with Crippen LogP contribution in [-0.2, 0) is 0 Å². The van der Waals surface area contributed by atoms with Gasteiger partial charge in [0.25, 0.3) is 0 Å². The van der Waals surface area contributed by atoms with E-state index in [2.05, 4.69) is 26.2 Å². The highest BCUT2D eigenvalue weighted by atomic mass is 79.9. The first-order valence-corrected chi connectivity index (χ1v) is 8.34. The Labute approximate surface area is 139 Å². The summed E-state index contributed by atoms with van der Waals surface area (Å²) in [6, 6.07) is 8.43. The molecule has 1 N–H and O–H groups in total. The number of anilines is 1. The second-order valence-corrected chi connectivity index (χ2v) is 6.86. The Balaban J connectivity index is 2.00. The predicted molar refractivity (Wildman–Crippen MR) is 90.8 cm³/mol. The molecule has 0 saturated heterocycles. The van der Waals surface area contributed by atoms with Crippen molar-refractivity contribution in [3.05, 3.63) is 56.7 Å². The van der Waals surface area contributed by atoms with Gasteiger partial charge in [-0.2, -0.15) is 0 Å². The van der Waals surface area contributed by atoms with Crippen LogP contribution in [0.1, 0.15) is 18.5 Å². The maximum atomic E-state index is 14.0. The molecule has 0 saturated carbocycles. The topological polar surface area (TPSA) is 24.9 Å². The molecule has 3 aromatic rings. The largest absolute Gasteiger partial charge is 0.375 e. The lowest BCUT2D eigenvalue weighted by Gasteiger charge is -2.18. The highest BCUT2D eigenvalue weighted by Crippen LogP contribution is 2.35. The first-order chi connectivity index (χ1) is 10.1. The number of nitrogens with one attached hydrogen (secondary N) is 1. The van der Waals surface area contributed by atoms with Gasteiger partial charge in [-0.05, 0) is 37.3 Å². The zero-order valence-electron chi connectivity index (χ0n) is 11.0.